The van der Waals surface area contributed by atoms with Gasteiger partial charge >= 0.3 is 0 Å². The molecule has 0 aliphatic carbocycles. The highest BCUT2D eigenvalue weighted by Crippen LogP contribution is 2.14. The first-order chi connectivity index (χ1) is 13.3. The summed E-state index contributed by atoms with van der Waals surface area (Å²) in [6, 6.07) is 21.4. The molecule has 0 saturated carbocycles. The first-order valence-corrected chi connectivity index (χ1v) is 8.54. The lowest BCUT2D eigenvalue weighted by atomic mass is 10.2. The van der Waals surface area contributed by atoms with Gasteiger partial charge in [0.15, 0.2) is 11.6 Å². The number of carbonyl (C=O) groups is 1. The zero-order valence-corrected chi connectivity index (χ0v) is 14.5. The molecule has 132 valence electrons. The number of carbonyl (C=O) groups excluding carboxylic acids is 1. The van der Waals surface area contributed by atoms with Crippen LogP contribution in [0.15, 0.2) is 85.3 Å². The first-order valence-electron chi connectivity index (χ1n) is 8.54. The van der Waals surface area contributed by atoms with Crippen LogP contribution in [0.5, 0.6) is 0 Å². The molecule has 2 heterocycles. The predicted molar refractivity (Wildman–Crippen MR) is 103 cm³/mol. The third-order valence-electron chi connectivity index (χ3n) is 4.02. The van der Waals surface area contributed by atoms with Gasteiger partial charge in [0.05, 0.1) is 12.1 Å². The Bertz CT molecular complexity index is 1030. The molecule has 1 amide bonds. The van der Waals surface area contributed by atoms with E-state index in [1.165, 1.54) is 12.4 Å². The largest absolute Gasteiger partial charge is 0.305 e. The fourth-order valence-corrected chi connectivity index (χ4v) is 2.66. The van der Waals surface area contributed by atoms with E-state index in [4.69, 9.17) is 0 Å². The van der Waals surface area contributed by atoms with Crippen LogP contribution >= 0.6 is 0 Å². The average Bonchev–Trinajstić information content (AvgIpc) is 3.16. The van der Waals surface area contributed by atoms with Gasteiger partial charge in [-0.05, 0) is 5.56 Å². The van der Waals surface area contributed by atoms with Crippen LogP contribution in [0.2, 0.25) is 0 Å². The van der Waals surface area contributed by atoms with E-state index in [9.17, 15) is 4.79 Å². The number of anilines is 1. The molecule has 27 heavy (non-hydrogen) atoms. The highest BCUT2D eigenvalue weighted by atomic mass is 16.1. The minimum absolute atomic E-state index is 0.292. The fourth-order valence-electron chi connectivity index (χ4n) is 2.66. The predicted octanol–water partition coefficient (Wildman–Crippen LogP) is 3.64. The Labute approximate surface area is 156 Å². The second kappa shape index (κ2) is 7.61. The highest BCUT2D eigenvalue weighted by molar-refractivity contribution is 6.03. The quantitative estimate of drug-likeness (QED) is 0.593. The van der Waals surface area contributed by atoms with Crippen LogP contribution in [0.3, 0.4) is 0 Å². The molecule has 6 nitrogen and oxygen atoms in total. The topological polar surface area (TPSA) is 72.7 Å². The van der Waals surface area contributed by atoms with E-state index in [0.29, 0.717) is 23.8 Å². The van der Waals surface area contributed by atoms with Crippen LogP contribution in [0.25, 0.3) is 11.4 Å². The van der Waals surface area contributed by atoms with Crippen molar-refractivity contribution in [2.24, 2.45) is 0 Å². The molecule has 0 aliphatic heterocycles. The lowest BCUT2D eigenvalue weighted by Gasteiger charge is -2.04. The number of nitrogens with one attached hydrogen (secondary N) is 1. The third-order valence-corrected chi connectivity index (χ3v) is 4.02. The average molecular weight is 355 g/mol. The van der Waals surface area contributed by atoms with E-state index in [1.54, 1.807) is 10.7 Å². The summed E-state index contributed by atoms with van der Waals surface area (Å²) in [7, 11) is 0. The van der Waals surface area contributed by atoms with Gasteiger partial charge in [0.2, 0.25) is 0 Å². The van der Waals surface area contributed by atoms with Crippen molar-refractivity contribution in [2.45, 2.75) is 6.54 Å². The molecule has 0 spiro atoms. The summed E-state index contributed by atoms with van der Waals surface area (Å²) in [5, 5.41) is 7.15. The lowest BCUT2D eigenvalue weighted by Crippen LogP contribution is -2.13. The number of hydrogen-bond acceptors (Lipinski definition) is 4. The fraction of sp³-hybridized carbons (Fsp3) is 0.0476. The summed E-state index contributed by atoms with van der Waals surface area (Å²) in [5.41, 5.74) is 2.43. The Kier molecular flexibility index (Phi) is 4.70. The van der Waals surface area contributed by atoms with E-state index in [1.807, 2.05) is 66.9 Å². The third kappa shape index (κ3) is 4.07. The Morgan fingerprint density at radius 2 is 1.56 bits per heavy atom. The number of nitrogens with zero attached hydrogens (tertiary/aromatic N) is 4. The Hall–Kier alpha value is -3.80. The molecule has 4 aromatic rings. The van der Waals surface area contributed by atoms with E-state index >= 15 is 0 Å². The minimum Gasteiger partial charge on any atom is -0.305 e. The van der Waals surface area contributed by atoms with Gasteiger partial charge in [0, 0.05) is 30.2 Å². The SMILES string of the molecule is O=C(Nc1ccn(Cc2ccccc2)n1)c1cnc(-c2ccccc2)nc1. The summed E-state index contributed by atoms with van der Waals surface area (Å²) < 4.78 is 1.78. The maximum Gasteiger partial charge on any atom is 0.260 e. The zero-order valence-electron chi connectivity index (χ0n) is 14.5. The van der Waals surface area contributed by atoms with Gasteiger partial charge in [-0.25, -0.2) is 9.97 Å². The summed E-state index contributed by atoms with van der Waals surface area (Å²) in [4.78, 5) is 20.9. The van der Waals surface area contributed by atoms with Crippen LogP contribution in [0.1, 0.15) is 15.9 Å². The number of rotatable bonds is 5. The van der Waals surface area contributed by atoms with Gasteiger partial charge in [-0.2, -0.15) is 5.10 Å². The monoisotopic (exact) mass is 355 g/mol. The van der Waals surface area contributed by atoms with Crippen LogP contribution in [-0.4, -0.2) is 25.7 Å². The number of hydrogen-bond donors (Lipinski definition) is 1. The number of aromatic nitrogens is 4. The molecule has 0 fully saturated rings. The first kappa shape index (κ1) is 16.7. The standard InChI is InChI=1S/C21H17N5O/c27-21(18-13-22-20(23-14-18)17-9-5-2-6-10-17)24-19-11-12-26(25-19)15-16-7-3-1-4-8-16/h1-14H,15H2,(H,24,25,27). The molecule has 0 atom stereocenters. The summed E-state index contributed by atoms with van der Waals surface area (Å²) >= 11 is 0. The van der Waals surface area contributed by atoms with Crippen molar-refractivity contribution in [1.29, 1.82) is 0 Å². The maximum atomic E-state index is 12.4. The molecule has 2 aromatic heterocycles. The molecule has 0 radical (unpaired) electrons. The highest BCUT2D eigenvalue weighted by Gasteiger charge is 2.10. The van der Waals surface area contributed by atoms with Gasteiger partial charge in [-0.1, -0.05) is 60.7 Å². The summed E-state index contributed by atoms with van der Waals surface area (Å²) in [6.45, 7) is 0.644. The second-order valence-electron chi connectivity index (χ2n) is 6.00. The lowest BCUT2D eigenvalue weighted by molar-refractivity contribution is 0.102. The van der Waals surface area contributed by atoms with Gasteiger partial charge in [0.25, 0.3) is 5.91 Å². The van der Waals surface area contributed by atoms with Crippen molar-refractivity contribution in [3.05, 3.63) is 96.4 Å². The van der Waals surface area contributed by atoms with Crippen LogP contribution in [0.4, 0.5) is 5.82 Å². The summed E-state index contributed by atoms with van der Waals surface area (Å²) in [6.07, 6.45) is 4.87. The van der Waals surface area contributed by atoms with Crippen molar-refractivity contribution < 1.29 is 4.79 Å². The van der Waals surface area contributed by atoms with E-state index in [-0.39, 0.29) is 5.91 Å². The minimum atomic E-state index is -0.292. The van der Waals surface area contributed by atoms with Crippen molar-refractivity contribution in [3.63, 3.8) is 0 Å². The molecular weight excluding hydrogens is 338 g/mol. The van der Waals surface area contributed by atoms with Crippen LogP contribution in [0, 0.1) is 0 Å². The summed E-state index contributed by atoms with van der Waals surface area (Å²) in [5.74, 6) is 0.780. The Morgan fingerprint density at radius 3 is 2.26 bits per heavy atom. The van der Waals surface area contributed by atoms with Crippen LogP contribution < -0.4 is 5.32 Å². The molecule has 0 saturated heterocycles. The zero-order chi connectivity index (χ0) is 18.5. The van der Waals surface area contributed by atoms with E-state index < -0.39 is 0 Å². The van der Waals surface area contributed by atoms with Crippen molar-refractivity contribution in [1.82, 2.24) is 19.7 Å². The van der Waals surface area contributed by atoms with E-state index in [0.717, 1.165) is 11.1 Å². The molecule has 2 aromatic carbocycles. The Morgan fingerprint density at radius 1 is 0.889 bits per heavy atom. The maximum absolute atomic E-state index is 12.4. The number of amides is 1. The van der Waals surface area contributed by atoms with Crippen molar-refractivity contribution in [2.75, 3.05) is 5.32 Å². The van der Waals surface area contributed by atoms with Crippen LogP contribution in [-0.2, 0) is 6.54 Å². The molecule has 6 heteroatoms. The molecule has 0 aliphatic rings. The molecule has 1 N–H and O–H groups in total. The van der Waals surface area contributed by atoms with Crippen molar-refractivity contribution >= 4 is 11.7 Å². The van der Waals surface area contributed by atoms with Gasteiger partial charge in [-0.3, -0.25) is 9.48 Å². The molecule has 4 rings (SSSR count). The van der Waals surface area contributed by atoms with E-state index in [2.05, 4.69) is 20.4 Å². The second-order valence-corrected chi connectivity index (χ2v) is 6.00. The Balaban J connectivity index is 1.42. The normalized spacial score (nSPS) is 10.5. The van der Waals surface area contributed by atoms with Gasteiger partial charge in [-0.15, -0.1) is 0 Å². The van der Waals surface area contributed by atoms with Crippen molar-refractivity contribution in [3.8, 4) is 11.4 Å². The molecule has 0 unspecified atom stereocenters. The van der Waals surface area contributed by atoms with Gasteiger partial charge < -0.3 is 5.32 Å². The van der Waals surface area contributed by atoms with Gasteiger partial charge in [0.1, 0.15) is 0 Å². The number of benzene rings is 2. The molecular formula is C21H17N5O. The molecule has 0 bridgehead atoms. The smallest absolute Gasteiger partial charge is 0.260 e.